The Balaban J connectivity index is 1.42. The van der Waals surface area contributed by atoms with Gasteiger partial charge in [0.1, 0.15) is 12.1 Å². The van der Waals surface area contributed by atoms with Crippen LogP contribution < -0.4 is 10.6 Å². The molecule has 3 aromatic rings. The lowest BCUT2D eigenvalue weighted by Crippen LogP contribution is -2.39. The summed E-state index contributed by atoms with van der Waals surface area (Å²) in [5, 5.41) is 6.79. The van der Waals surface area contributed by atoms with Crippen LogP contribution in [0.5, 0.6) is 0 Å². The molecule has 7 nitrogen and oxygen atoms in total. The van der Waals surface area contributed by atoms with Gasteiger partial charge in [0, 0.05) is 51.3 Å². The SMILES string of the molecule is CN=C(NCCC(C)N(C)Cc1ccccc1)NCc1ccnc(-n2ccnc2)c1. The van der Waals surface area contributed by atoms with E-state index in [1.54, 1.807) is 19.6 Å². The number of hydrogen-bond donors (Lipinski definition) is 2. The van der Waals surface area contributed by atoms with Crippen molar-refractivity contribution < 1.29 is 0 Å². The molecule has 1 unspecified atom stereocenters. The molecule has 0 saturated heterocycles. The molecule has 1 aromatic carbocycles. The number of benzene rings is 1. The van der Waals surface area contributed by atoms with Crippen LogP contribution in [0, 0.1) is 0 Å². The average Bonchev–Trinajstić information content (AvgIpc) is 3.32. The predicted molar refractivity (Wildman–Crippen MR) is 122 cm³/mol. The van der Waals surface area contributed by atoms with Crippen LogP contribution in [0.25, 0.3) is 5.82 Å². The second-order valence-corrected chi connectivity index (χ2v) is 7.38. The van der Waals surface area contributed by atoms with Gasteiger partial charge in [0.2, 0.25) is 0 Å². The Hall–Kier alpha value is -3.19. The number of rotatable bonds is 9. The molecule has 7 heteroatoms. The van der Waals surface area contributed by atoms with Crippen molar-refractivity contribution >= 4 is 5.96 Å². The number of nitrogens with one attached hydrogen (secondary N) is 2. The van der Waals surface area contributed by atoms with Gasteiger partial charge < -0.3 is 10.6 Å². The normalized spacial score (nSPS) is 12.7. The van der Waals surface area contributed by atoms with Gasteiger partial charge in [-0.15, -0.1) is 0 Å². The van der Waals surface area contributed by atoms with Gasteiger partial charge in [0.25, 0.3) is 0 Å². The van der Waals surface area contributed by atoms with Crippen LogP contribution >= 0.6 is 0 Å². The molecule has 0 bridgehead atoms. The fourth-order valence-electron chi connectivity index (χ4n) is 3.16. The van der Waals surface area contributed by atoms with Crippen LogP contribution in [-0.4, -0.2) is 52.1 Å². The van der Waals surface area contributed by atoms with Crippen molar-refractivity contribution in [3.63, 3.8) is 0 Å². The summed E-state index contributed by atoms with van der Waals surface area (Å²) >= 11 is 0. The molecule has 30 heavy (non-hydrogen) atoms. The number of aromatic nitrogens is 3. The molecule has 0 spiro atoms. The van der Waals surface area contributed by atoms with E-state index in [1.165, 1.54) is 5.56 Å². The first kappa shape index (κ1) is 21.5. The van der Waals surface area contributed by atoms with E-state index in [4.69, 9.17) is 0 Å². The van der Waals surface area contributed by atoms with Gasteiger partial charge in [-0.05, 0) is 43.7 Å². The van der Waals surface area contributed by atoms with Gasteiger partial charge in [0.15, 0.2) is 5.96 Å². The fraction of sp³-hybridized carbons (Fsp3) is 0.348. The van der Waals surface area contributed by atoms with Crippen LogP contribution in [0.1, 0.15) is 24.5 Å². The second kappa shape index (κ2) is 11.1. The third kappa shape index (κ3) is 6.42. The summed E-state index contributed by atoms with van der Waals surface area (Å²) in [6, 6.07) is 15.1. The molecule has 1 atom stereocenters. The molecule has 0 saturated carbocycles. The molecule has 2 heterocycles. The summed E-state index contributed by atoms with van der Waals surface area (Å²) in [6.45, 7) is 4.75. The van der Waals surface area contributed by atoms with Crippen LogP contribution in [0.2, 0.25) is 0 Å². The van der Waals surface area contributed by atoms with Crippen molar-refractivity contribution in [1.29, 1.82) is 0 Å². The first-order chi connectivity index (χ1) is 14.7. The molecule has 0 fully saturated rings. The predicted octanol–water partition coefficient (Wildman–Crippen LogP) is 2.84. The van der Waals surface area contributed by atoms with E-state index in [2.05, 4.69) is 74.8 Å². The Kier molecular flexibility index (Phi) is 7.97. The van der Waals surface area contributed by atoms with Crippen molar-refractivity contribution in [2.75, 3.05) is 20.6 Å². The minimum Gasteiger partial charge on any atom is -0.356 e. The highest BCUT2D eigenvalue weighted by atomic mass is 15.2. The number of aliphatic imine (C=N–C) groups is 1. The topological polar surface area (TPSA) is 70.4 Å². The Labute approximate surface area is 178 Å². The van der Waals surface area contributed by atoms with Crippen molar-refractivity contribution in [3.05, 3.63) is 78.5 Å². The third-order valence-electron chi connectivity index (χ3n) is 5.14. The molecule has 0 aliphatic heterocycles. The number of hydrogen-bond acceptors (Lipinski definition) is 4. The summed E-state index contributed by atoms with van der Waals surface area (Å²) in [5.41, 5.74) is 2.47. The highest BCUT2D eigenvalue weighted by Crippen LogP contribution is 2.08. The van der Waals surface area contributed by atoms with Crippen molar-refractivity contribution in [3.8, 4) is 5.82 Å². The van der Waals surface area contributed by atoms with Crippen LogP contribution in [0.4, 0.5) is 0 Å². The number of nitrogens with zero attached hydrogens (tertiary/aromatic N) is 5. The molecular formula is C23H31N7. The number of guanidine groups is 1. The zero-order valence-corrected chi connectivity index (χ0v) is 18.0. The Bertz CT molecular complexity index is 906. The van der Waals surface area contributed by atoms with E-state index in [0.29, 0.717) is 12.6 Å². The first-order valence-corrected chi connectivity index (χ1v) is 10.3. The number of imidazole rings is 1. The Morgan fingerprint density at radius 3 is 2.70 bits per heavy atom. The maximum absolute atomic E-state index is 4.39. The van der Waals surface area contributed by atoms with E-state index in [1.807, 2.05) is 29.1 Å². The summed E-state index contributed by atoms with van der Waals surface area (Å²) in [5.74, 6) is 1.65. The molecule has 0 radical (unpaired) electrons. The Morgan fingerprint density at radius 1 is 1.13 bits per heavy atom. The summed E-state index contributed by atoms with van der Waals surface area (Å²) in [4.78, 5) is 15.2. The number of pyridine rings is 1. The highest BCUT2D eigenvalue weighted by molar-refractivity contribution is 5.79. The lowest BCUT2D eigenvalue weighted by atomic mass is 10.1. The fourth-order valence-corrected chi connectivity index (χ4v) is 3.16. The Morgan fingerprint density at radius 2 is 1.97 bits per heavy atom. The zero-order valence-electron chi connectivity index (χ0n) is 18.0. The minimum atomic E-state index is 0.466. The van der Waals surface area contributed by atoms with Crippen LogP contribution in [0.3, 0.4) is 0 Å². The van der Waals surface area contributed by atoms with Gasteiger partial charge in [-0.3, -0.25) is 14.5 Å². The maximum Gasteiger partial charge on any atom is 0.191 e. The molecule has 3 rings (SSSR count). The minimum absolute atomic E-state index is 0.466. The molecule has 158 valence electrons. The van der Waals surface area contributed by atoms with Gasteiger partial charge >= 0.3 is 0 Å². The lowest BCUT2D eigenvalue weighted by Gasteiger charge is -2.25. The van der Waals surface area contributed by atoms with Crippen molar-refractivity contribution in [2.45, 2.75) is 32.5 Å². The molecule has 0 amide bonds. The molecule has 2 N–H and O–H groups in total. The summed E-state index contributed by atoms with van der Waals surface area (Å²) < 4.78 is 1.89. The zero-order chi connectivity index (χ0) is 21.2. The highest BCUT2D eigenvalue weighted by Gasteiger charge is 2.10. The third-order valence-corrected chi connectivity index (χ3v) is 5.14. The summed E-state index contributed by atoms with van der Waals surface area (Å²) in [6.07, 6.45) is 8.22. The first-order valence-electron chi connectivity index (χ1n) is 10.3. The monoisotopic (exact) mass is 405 g/mol. The average molecular weight is 406 g/mol. The quantitative estimate of drug-likeness (QED) is 0.423. The van der Waals surface area contributed by atoms with Crippen molar-refractivity contribution in [1.82, 2.24) is 30.1 Å². The maximum atomic E-state index is 4.39. The van der Waals surface area contributed by atoms with Gasteiger partial charge in [-0.1, -0.05) is 30.3 Å². The van der Waals surface area contributed by atoms with Crippen LogP contribution in [-0.2, 0) is 13.1 Å². The molecular weight excluding hydrogens is 374 g/mol. The molecule has 0 aliphatic carbocycles. The van der Waals surface area contributed by atoms with E-state index in [-0.39, 0.29) is 0 Å². The second-order valence-electron chi connectivity index (χ2n) is 7.38. The van der Waals surface area contributed by atoms with E-state index in [0.717, 1.165) is 36.9 Å². The standard InChI is InChI=1S/C23H31N7/c1-19(29(3)17-20-7-5-4-6-8-20)9-11-27-23(24-2)28-16-21-10-12-26-22(15-21)30-14-13-25-18-30/h4-8,10,12-15,18-19H,9,11,16-17H2,1-3H3,(H2,24,27,28). The van der Waals surface area contributed by atoms with E-state index in [9.17, 15) is 0 Å². The molecule has 0 aliphatic rings. The molecule has 2 aromatic heterocycles. The summed E-state index contributed by atoms with van der Waals surface area (Å²) in [7, 11) is 3.97. The van der Waals surface area contributed by atoms with Crippen molar-refractivity contribution in [2.24, 2.45) is 4.99 Å². The van der Waals surface area contributed by atoms with Gasteiger partial charge in [-0.2, -0.15) is 0 Å². The van der Waals surface area contributed by atoms with Gasteiger partial charge in [0.05, 0.1) is 0 Å². The largest absolute Gasteiger partial charge is 0.356 e. The van der Waals surface area contributed by atoms with Crippen LogP contribution in [0.15, 0.2) is 72.4 Å². The van der Waals surface area contributed by atoms with Gasteiger partial charge in [-0.25, -0.2) is 9.97 Å². The smallest absolute Gasteiger partial charge is 0.191 e. The van der Waals surface area contributed by atoms with E-state index >= 15 is 0 Å². The lowest BCUT2D eigenvalue weighted by molar-refractivity contribution is 0.238. The van der Waals surface area contributed by atoms with E-state index < -0.39 is 0 Å².